The van der Waals surface area contributed by atoms with Crippen molar-refractivity contribution in [1.29, 1.82) is 5.26 Å². The molecule has 0 aliphatic carbocycles. The number of hydrogen-bond donors (Lipinski definition) is 0. The van der Waals surface area contributed by atoms with E-state index in [1.807, 2.05) is 30.1 Å². The van der Waals surface area contributed by atoms with Gasteiger partial charge in [0.1, 0.15) is 17.6 Å². The van der Waals surface area contributed by atoms with Crippen molar-refractivity contribution in [3.05, 3.63) is 23.9 Å². The summed E-state index contributed by atoms with van der Waals surface area (Å²) in [5.41, 5.74) is 0.437. The molecule has 0 amide bonds. The first kappa shape index (κ1) is 10.5. The molecule has 1 aromatic heterocycles. The molecule has 1 rings (SSSR count). The molecule has 0 unspecified atom stereocenters. The summed E-state index contributed by atoms with van der Waals surface area (Å²) in [7, 11) is 3.58. The molecule has 0 saturated carbocycles. The Hall–Kier alpha value is -1.60. The van der Waals surface area contributed by atoms with Gasteiger partial charge in [-0.3, -0.25) is 0 Å². The van der Waals surface area contributed by atoms with Gasteiger partial charge >= 0.3 is 0 Å². The van der Waals surface area contributed by atoms with Crippen molar-refractivity contribution < 1.29 is 4.74 Å². The lowest BCUT2D eigenvalue weighted by atomic mass is 10.3. The molecule has 0 atom stereocenters. The van der Waals surface area contributed by atoms with Crippen molar-refractivity contribution in [3.8, 4) is 6.07 Å². The number of pyridine rings is 1. The smallest absolute Gasteiger partial charge is 0.142 e. The van der Waals surface area contributed by atoms with E-state index in [0.29, 0.717) is 12.3 Å². The van der Waals surface area contributed by atoms with Gasteiger partial charge in [0.2, 0.25) is 0 Å². The maximum atomic E-state index is 8.66. The van der Waals surface area contributed by atoms with Gasteiger partial charge in [-0.05, 0) is 12.1 Å². The molecule has 0 saturated heterocycles. The van der Waals surface area contributed by atoms with E-state index in [4.69, 9.17) is 10.00 Å². The van der Waals surface area contributed by atoms with Crippen LogP contribution in [0.25, 0.3) is 0 Å². The summed E-state index contributed by atoms with van der Waals surface area (Å²) in [4.78, 5) is 6.10. The minimum atomic E-state index is 0.437. The number of aromatic nitrogens is 1. The molecule has 4 nitrogen and oxygen atoms in total. The third kappa shape index (κ3) is 2.71. The third-order valence-electron chi connectivity index (χ3n) is 1.87. The van der Waals surface area contributed by atoms with Crippen LogP contribution in [-0.2, 0) is 4.74 Å². The quantitative estimate of drug-likeness (QED) is 0.713. The lowest BCUT2D eigenvalue weighted by Gasteiger charge is -2.17. The van der Waals surface area contributed by atoms with E-state index in [1.165, 1.54) is 0 Å². The molecular weight excluding hydrogens is 178 g/mol. The van der Waals surface area contributed by atoms with E-state index in [1.54, 1.807) is 13.2 Å². The highest BCUT2D eigenvalue weighted by atomic mass is 16.5. The van der Waals surface area contributed by atoms with Crippen molar-refractivity contribution in [1.82, 2.24) is 4.98 Å². The number of rotatable bonds is 4. The molecule has 0 aliphatic heterocycles. The molecule has 0 bridgehead atoms. The number of nitrogens with zero attached hydrogens (tertiary/aromatic N) is 3. The molecule has 1 heterocycles. The molecule has 74 valence electrons. The summed E-state index contributed by atoms with van der Waals surface area (Å²) < 4.78 is 4.96. The van der Waals surface area contributed by atoms with E-state index in [0.717, 1.165) is 12.4 Å². The van der Waals surface area contributed by atoms with Crippen LogP contribution in [0.5, 0.6) is 0 Å². The Labute approximate surface area is 83.7 Å². The SMILES string of the molecule is COCCN(C)c1cccc(C#N)n1. The standard InChI is InChI=1S/C10H13N3O/c1-13(6-7-14-2)10-5-3-4-9(8-11)12-10/h3-5H,6-7H2,1-2H3. The van der Waals surface area contributed by atoms with Crippen molar-refractivity contribution in [2.45, 2.75) is 0 Å². The summed E-state index contributed by atoms with van der Waals surface area (Å²) in [5.74, 6) is 0.793. The van der Waals surface area contributed by atoms with E-state index in [2.05, 4.69) is 4.98 Å². The molecule has 0 spiro atoms. The lowest BCUT2D eigenvalue weighted by molar-refractivity contribution is 0.206. The highest BCUT2D eigenvalue weighted by molar-refractivity contribution is 5.40. The van der Waals surface area contributed by atoms with Gasteiger partial charge in [-0.25, -0.2) is 4.98 Å². The van der Waals surface area contributed by atoms with Crippen molar-refractivity contribution in [2.75, 3.05) is 32.2 Å². The molecule has 4 heteroatoms. The van der Waals surface area contributed by atoms with Crippen molar-refractivity contribution in [3.63, 3.8) is 0 Å². The van der Waals surface area contributed by atoms with Gasteiger partial charge in [-0.15, -0.1) is 0 Å². The zero-order valence-electron chi connectivity index (χ0n) is 8.40. The maximum Gasteiger partial charge on any atom is 0.142 e. The molecule has 0 aromatic carbocycles. The van der Waals surface area contributed by atoms with Gasteiger partial charge < -0.3 is 9.64 Å². The molecular formula is C10H13N3O. The van der Waals surface area contributed by atoms with E-state index < -0.39 is 0 Å². The van der Waals surface area contributed by atoms with E-state index in [9.17, 15) is 0 Å². The van der Waals surface area contributed by atoms with Crippen LogP contribution in [0.15, 0.2) is 18.2 Å². The Balaban J connectivity index is 2.70. The molecule has 0 fully saturated rings. The van der Waals surface area contributed by atoms with Crippen LogP contribution in [0, 0.1) is 11.3 Å². The number of anilines is 1. The Bertz CT molecular complexity index is 332. The predicted molar refractivity (Wildman–Crippen MR) is 54.1 cm³/mol. The number of methoxy groups -OCH3 is 1. The van der Waals surface area contributed by atoms with Crippen LogP contribution in [0.3, 0.4) is 0 Å². The zero-order chi connectivity index (χ0) is 10.4. The van der Waals surface area contributed by atoms with Crippen molar-refractivity contribution >= 4 is 5.82 Å². The fraction of sp³-hybridized carbons (Fsp3) is 0.400. The van der Waals surface area contributed by atoms with Crippen LogP contribution in [0.2, 0.25) is 0 Å². The lowest BCUT2D eigenvalue weighted by Crippen LogP contribution is -2.23. The Morgan fingerprint density at radius 3 is 3.00 bits per heavy atom. The van der Waals surface area contributed by atoms with E-state index in [-0.39, 0.29) is 0 Å². The van der Waals surface area contributed by atoms with Crippen LogP contribution >= 0.6 is 0 Å². The van der Waals surface area contributed by atoms with Gasteiger partial charge in [-0.2, -0.15) is 5.26 Å². The summed E-state index contributed by atoms with van der Waals surface area (Å²) in [5, 5.41) is 8.66. The summed E-state index contributed by atoms with van der Waals surface area (Å²) >= 11 is 0. The average Bonchev–Trinajstić information content (AvgIpc) is 2.26. The maximum absolute atomic E-state index is 8.66. The van der Waals surface area contributed by atoms with Crippen LogP contribution in [0.4, 0.5) is 5.82 Å². The number of likely N-dealkylation sites (N-methyl/N-ethyl adjacent to an activating group) is 1. The fourth-order valence-electron chi connectivity index (χ4n) is 1.04. The largest absolute Gasteiger partial charge is 0.383 e. The average molecular weight is 191 g/mol. The zero-order valence-corrected chi connectivity index (χ0v) is 8.40. The second-order valence-electron chi connectivity index (χ2n) is 2.91. The fourth-order valence-corrected chi connectivity index (χ4v) is 1.04. The molecule has 1 aromatic rings. The molecule has 0 radical (unpaired) electrons. The number of hydrogen-bond acceptors (Lipinski definition) is 4. The molecule has 14 heavy (non-hydrogen) atoms. The topological polar surface area (TPSA) is 49.1 Å². The van der Waals surface area contributed by atoms with Gasteiger partial charge in [-0.1, -0.05) is 6.07 Å². The first-order chi connectivity index (χ1) is 6.77. The second kappa shape index (κ2) is 5.20. The Morgan fingerprint density at radius 1 is 1.57 bits per heavy atom. The first-order valence-electron chi connectivity index (χ1n) is 4.35. The minimum Gasteiger partial charge on any atom is -0.383 e. The number of nitriles is 1. The summed E-state index contributed by atoms with van der Waals surface area (Å²) in [6.45, 7) is 1.41. The summed E-state index contributed by atoms with van der Waals surface area (Å²) in [6, 6.07) is 7.39. The molecule has 0 N–H and O–H groups in total. The molecule has 0 aliphatic rings. The first-order valence-corrected chi connectivity index (χ1v) is 4.35. The highest BCUT2D eigenvalue weighted by Gasteiger charge is 2.02. The van der Waals surface area contributed by atoms with Crippen LogP contribution in [-0.4, -0.2) is 32.3 Å². The van der Waals surface area contributed by atoms with Crippen molar-refractivity contribution in [2.24, 2.45) is 0 Å². The van der Waals surface area contributed by atoms with Gasteiger partial charge in [0.15, 0.2) is 0 Å². The summed E-state index contributed by atoms with van der Waals surface area (Å²) in [6.07, 6.45) is 0. The monoisotopic (exact) mass is 191 g/mol. The van der Waals surface area contributed by atoms with Gasteiger partial charge in [0.25, 0.3) is 0 Å². The Morgan fingerprint density at radius 2 is 2.36 bits per heavy atom. The minimum absolute atomic E-state index is 0.437. The van der Waals surface area contributed by atoms with Gasteiger partial charge in [0.05, 0.1) is 6.61 Å². The highest BCUT2D eigenvalue weighted by Crippen LogP contribution is 2.08. The second-order valence-corrected chi connectivity index (χ2v) is 2.91. The van der Waals surface area contributed by atoms with Crippen LogP contribution < -0.4 is 4.90 Å². The number of ether oxygens (including phenoxy) is 1. The Kier molecular flexibility index (Phi) is 3.89. The van der Waals surface area contributed by atoms with Gasteiger partial charge in [0, 0.05) is 20.7 Å². The predicted octanol–water partition coefficient (Wildman–Crippen LogP) is 1.04. The van der Waals surface area contributed by atoms with Crippen LogP contribution in [0.1, 0.15) is 5.69 Å². The third-order valence-corrected chi connectivity index (χ3v) is 1.87. The normalized spacial score (nSPS) is 9.50. The van der Waals surface area contributed by atoms with E-state index >= 15 is 0 Å².